The second-order valence-electron chi connectivity index (χ2n) is 15.8. The summed E-state index contributed by atoms with van der Waals surface area (Å²) in [5.41, 5.74) is 4.02. The summed E-state index contributed by atoms with van der Waals surface area (Å²) < 4.78 is 12.2. The number of hydrogen-bond acceptors (Lipinski definition) is 9. The van der Waals surface area contributed by atoms with Crippen LogP contribution in [0.4, 0.5) is 4.79 Å². The van der Waals surface area contributed by atoms with Gasteiger partial charge < -0.3 is 40.2 Å². The molecule has 1 aromatic heterocycles. The number of amides is 2. The molecule has 0 spiro atoms. The number of aliphatic hydroxyl groups excluding tert-OH is 1. The third-order valence-electron chi connectivity index (χ3n) is 12.0. The Morgan fingerprint density at radius 2 is 1.60 bits per heavy atom. The van der Waals surface area contributed by atoms with Gasteiger partial charge >= 0.3 is 6.09 Å². The number of aromatic nitrogens is 1. The fourth-order valence-electron chi connectivity index (χ4n) is 8.64. The molecule has 5 aromatic rings. The van der Waals surface area contributed by atoms with Crippen molar-refractivity contribution in [1.29, 1.82) is 0 Å². The average Bonchev–Trinajstić information content (AvgIpc) is 3.26. The summed E-state index contributed by atoms with van der Waals surface area (Å²) in [5, 5.41) is 28.2. The molecule has 302 valence electrons. The van der Waals surface area contributed by atoms with Crippen molar-refractivity contribution in [2.24, 2.45) is 11.8 Å². The lowest BCUT2D eigenvalue weighted by atomic mass is 9.86. The van der Waals surface area contributed by atoms with Crippen LogP contribution in [0.15, 0.2) is 108 Å². The van der Waals surface area contributed by atoms with Gasteiger partial charge in [0.05, 0.1) is 17.7 Å². The van der Waals surface area contributed by atoms with Crippen molar-refractivity contribution in [2.75, 3.05) is 45.8 Å². The standard InChI is InChI=1S/C46H51N5O7/c52-39-15-13-37(38-14-16-42(54)48-44(38)39)40(53)27-47-26-30-17-23-51(24-18-30)45(55)34-11-9-31(10-12-34)29-57-36-8-4-7-35(25-36)43(33-5-2-1-3-6-33)49-46(56)58-41-28-50-21-19-32(41)20-22-50/h1-16,25,30,32,40-41,43,47,52-53H,17-24,26-29H2,(H,48,54)(H,49,56)/t40-,41+,43?/m1/s1. The van der Waals surface area contributed by atoms with Crippen LogP contribution in [0.2, 0.25) is 0 Å². The molecule has 0 radical (unpaired) electrons. The van der Waals surface area contributed by atoms with Crippen molar-refractivity contribution >= 4 is 22.9 Å². The normalized spacial score (nSPS) is 20.4. The lowest BCUT2D eigenvalue weighted by Gasteiger charge is -2.43. The highest BCUT2D eigenvalue weighted by Crippen LogP contribution is 2.32. The molecule has 4 saturated heterocycles. The number of piperidine rings is 4. The van der Waals surface area contributed by atoms with E-state index in [9.17, 15) is 24.6 Å². The van der Waals surface area contributed by atoms with Crippen molar-refractivity contribution in [3.8, 4) is 11.5 Å². The summed E-state index contributed by atoms with van der Waals surface area (Å²) in [7, 11) is 0. The maximum Gasteiger partial charge on any atom is 0.408 e. The van der Waals surface area contributed by atoms with E-state index >= 15 is 0 Å². The lowest BCUT2D eigenvalue weighted by Crippen LogP contribution is -2.52. The number of alkyl carbamates (subject to hydrolysis) is 1. The van der Waals surface area contributed by atoms with Crippen LogP contribution in [0.25, 0.3) is 10.9 Å². The third kappa shape index (κ3) is 9.20. The van der Waals surface area contributed by atoms with Gasteiger partial charge in [-0.05, 0) is 116 Å². The van der Waals surface area contributed by atoms with Crippen molar-refractivity contribution < 1.29 is 29.3 Å². The summed E-state index contributed by atoms with van der Waals surface area (Å²) in [6.07, 6.45) is 2.53. The number of nitrogens with one attached hydrogen (secondary N) is 3. The van der Waals surface area contributed by atoms with Gasteiger partial charge in [-0.15, -0.1) is 0 Å². The molecule has 5 N–H and O–H groups in total. The molecule has 2 bridgehead atoms. The number of aromatic hydroxyl groups is 1. The van der Waals surface area contributed by atoms with Crippen molar-refractivity contribution in [3.63, 3.8) is 0 Å². The molecule has 4 aliphatic rings. The first kappa shape index (κ1) is 39.2. The molecule has 4 fully saturated rings. The van der Waals surface area contributed by atoms with Crippen LogP contribution in [-0.2, 0) is 11.3 Å². The van der Waals surface area contributed by atoms with Gasteiger partial charge in [0.1, 0.15) is 24.2 Å². The van der Waals surface area contributed by atoms with Gasteiger partial charge in [0.25, 0.3) is 5.91 Å². The average molecular weight is 786 g/mol. The van der Waals surface area contributed by atoms with Gasteiger partial charge in [-0.2, -0.15) is 0 Å². The maximum absolute atomic E-state index is 13.4. The molecule has 9 rings (SSSR count). The van der Waals surface area contributed by atoms with E-state index in [0.29, 0.717) is 72.4 Å². The zero-order valence-corrected chi connectivity index (χ0v) is 32.5. The predicted octanol–water partition coefficient (Wildman–Crippen LogP) is 5.90. The molecule has 4 aromatic carbocycles. The first-order chi connectivity index (χ1) is 28.3. The van der Waals surface area contributed by atoms with Crippen LogP contribution < -0.4 is 20.9 Å². The van der Waals surface area contributed by atoms with E-state index in [1.165, 1.54) is 12.1 Å². The van der Waals surface area contributed by atoms with E-state index in [2.05, 4.69) is 20.5 Å². The first-order valence-electron chi connectivity index (χ1n) is 20.4. The zero-order valence-electron chi connectivity index (χ0n) is 32.5. The highest BCUT2D eigenvalue weighted by Gasteiger charge is 2.37. The Labute approximate surface area is 337 Å². The minimum atomic E-state index is -0.819. The smallest absolute Gasteiger partial charge is 0.408 e. The molecule has 58 heavy (non-hydrogen) atoms. The molecular formula is C46H51N5O7. The number of aliphatic hydroxyl groups is 1. The molecule has 1 unspecified atom stereocenters. The predicted molar refractivity (Wildman–Crippen MR) is 221 cm³/mol. The number of fused-ring (bicyclic) bond motifs is 4. The van der Waals surface area contributed by atoms with Crippen LogP contribution in [0, 0.1) is 11.8 Å². The monoisotopic (exact) mass is 785 g/mol. The largest absolute Gasteiger partial charge is 0.506 e. The van der Waals surface area contributed by atoms with Gasteiger partial charge in [0.2, 0.25) is 5.56 Å². The number of benzene rings is 4. The van der Waals surface area contributed by atoms with E-state index in [-0.39, 0.29) is 23.3 Å². The Morgan fingerprint density at radius 3 is 2.34 bits per heavy atom. The Morgan fingerprint density at radius 1 is 0.845 bits per heavy atom. The van der Waals surface area contributed by atoms with E-state index in [4.69, 9.17) is 9.47 Å². The highest BCUT2D eigenvalue weighted by molar-refractivity contribution is 5.94. The quantitative estimate of drug-likeness (QED) is 0.0982. The van der Waals surface area contributed by atoms with Gasteiger partial charge in [0, 0.05) is 43.2 Å². The summed E-state index contributed by atoms with van der Waals surface area (Å²) in [6.45, 7) is 5.62. The Kier molecular flexibility index (Phi) is 12.0. The molecule has 0 aliphatic carbocycles. The molecule has 0 saturated carbocycles. The second-order valence-corrected chi connectivity index (χ2v) is 15.8. The molecular weight excluding hydrogens is 735 g/mol. The lowest BCUT2D eigenvalue weighted by molar-refractivity contribution is -0.0336. The number of aromatic amines is 1. The minimum absolute atomic E-state index is 0.00531. The molecule has 3 atom stereocenters. The number of nitrogens with zero attached hydrogens (tertiary/aromatic N) is 2. The number of ether oxygens (including phenoxy) is 2. The van der Waals surface area contributed by atoms with E-state index < -0.39 is 18.2 Å². The Bertz CT molecular complexity index is 2250. The summed E-state index contributed by atoms with van der Waals surface area (Å²) in [5.74, 6) is 1.43. The maximum atomic E-state index is 13.4. The van der Waals surface area contributed by atoms with Crippen molar-refractivity contribution in [1.82, 2.24) is 25.4 Å². The number of likely N-dealkylation sites (tertiary alicyclic amines) is 1. The van der Waals surface area contributed by atoms with E-state index in [1.54, 1.807) is 12.1 Å². The minimum Gasteiger partial charge on any atom is -0.506 e. The zero-order chi connectivity index (χ0) is 40.0. The highest BCUT2D eigenvalue weighted by atomic mass is 16.6. The van der Waals surface area contributed by atoms with Crippen LogP contribution in [0.1, 0.15) is 70.4 Å². The van der Waals surface area contributed by atoms with Crippen molar-refractivity contribution in [3.05, 3.63) is 141 Å². The Hall–Kier alpha value is -5.69. The van der Waals surface area contributed by atoms with E-state index in [1.807, 2.05) is 83.8 Å². The van der Waals surface area contributed by atoms with Crippen LogP contribution in [0.3, 0.4) is 0 Å². The van der Waals surface area contributed by atoms with Gasteiger partial charge in [-0.1, -0.05) is 60.7 Å². The van der Waals surface area contributed by atoms with Crippen LogP contribution >= 0.6 is 0 Å². The van der Waals surface area contributed by atoms with Crippen LogP contribution in [-0.4, -0.2) is 88.9 Å². The number of hydrogen-bond donors (Lipinski definition) is 5. The summed E-state index contributed by atoms with van der Waals surface area (Å²) in [6, 6.07) is 30.9. The number of phenolic OH excluding ortho intramolecular Hbond substituents is 1. The number of H-pyrrole nitrogens is 1. The Balaban J connectivity index is 0.806. The summed E-state index contributed by atoms with van der Waals surface area (Å²) in [4.78, 5) is 45.3. The second kappa shape index (κ2) is 17.8. The SMILES string of the molecule is O=C(NC(c1ccccc1)c1cccc(OCc2ccc(C(=O)N3CCC(CNC[C@@H](O)c4ccc(O)c5[nH]c(=O)ccc45)CC3)cc2)c1)O[C@H]1CN2CCC1CC2. The van der Waals surface area contributed by atoms with Gasteiger partial charge in [-0.3, -0.25) is 14.5 Å². The first-order valence-corrected chi connectivity index (χ1v) is 20.4. The number of phenols is 1. The number of rotatable bonds is 13. The third-order valence-corrected chi connectivity index (χ3v) is 12.0. The molecule has 2 amide bonds. The summed E-state index contributed by atoms with van der Waals surface area (Å²) >= 11 is 0. The molecule has 12 nitrogen and oxygen atoms in total. The molecule has 4 aliphatic heterocycles. The van der Waals surface area contributed by atoms with Gasteiger partial charge in [0.15, 0.2) is 0 Å². The molecule has 12 heteroatoms. The van der Waals surface area contributed by atoms with Crippen LogP contribution in [0.5, 0.6) is 11.5 Å². The number of pyridine rings is 1. The fraction of sp³-hybridized carbons (Fsp3) is 0.370. The van der Waals surface area contributed by atoms with E-state index in [0.717, 1.165) is 62.0 Å². The van der Waals surface area contributed by atoms with Gasteiger partial charge in [-0.25, -0.2) is 4.79 Å². The van der Waals surface area contributed by atoms with Crippen molar-refractivity contribution in [2.45, 2.75) is 50.5 Å². The topological polar surface area (TPSA) is 156 Å². The number of carbonyl (C=O) groups excluding carboxylic acids is 2. The molecule has 5 heterocycles. The fourth-order valence-corrected chi connectivity index (χ4v) is 8.64. The number of carbonyl (C=O) groups is 2.